The van der Waals surface area contributed by atoms with Crippen molar-refractivity contribution in [3.63, 3.8) is 0 Å². The van der Waals surface area contributed by atoms with Gasteiger partial charge in [0.2, 0.25) is 0 Å². The van der Waals surface area contributed by atoms with Gasteiger partial charge in [-0.05, 0) is 59.3 Å². The Morgan fingerprint density at radius 2 is 2.00 bits per heavy atom. The third kappa shape index (κ3) is 3.20. The molecule has 0 atom stereocenters. The van der Waals surface area contributed by atoms with E-state index in [2.05, 4.69) is 81.9 Å². The van der Waals surface area contributed by atoms with E-state index in [0.29, 0.717) is 0 Å². The first kappa shape index (κ1) is 14.4. The highest BCUT2D eigenvalue weighted by atomic mass is 127. The summed E-state index contributed by atoms with van der Waals surface area (Å²) in [4.78, 5) is 4.77. The number of anilines is 1. The molecule has 3 nitrogen and oxygen atoms in total. The van der Waals surface area contributed by atoms with E-state index in [4.69, 9.17) is 4.98 Å². The van der Waals surface area contributed by atoms with Gasteiger partial charge in [-0.3, -0.25) is 0 Å². The zero-order valence-electron chi connectivity index (χ0n) is 12.0. The summed E-state index contributed by atoms with van der Waals surface area (Å²) < 4.78 is 3.55. The molecular weight excluding hydrogens is 373 g/mol. The average molecular weight is 391 g/mol. The van der Waals surface area contributed by atoms with Crippen LogP contribution in [0.15, 0.2) is 48.5 Å². The highest BCUT2D eigenvalue weighted by Crippen LogP contribution is 2.18. The molecule has 0 bridgehead atoms. The number of hydrogen-bond acceptors (Lipinski definition) is 2. The predicted octanol–water partition coefficient (Wildman–Crippen LogP) is 4.66. The molecule has 0 aliphatic heterocycles. The number of rotatable bonds is 5. The summed E-state index contributed by atoms with van der Waals surface area (Å²) >= 11 is 2.33. The van der Waals surface area contributed by atoms with Gasteiger partial charge in [0.15, 0.2) is 0 Å². The number of benzene rings is 2. The molecule has 1 N–H and O–H groups in total. The van der Waals surface area contributed by atoms with Crippen LogP contribution >= 0.6 is 22.6 Å². The Morgan fingerprint density at radius 3 is 2.81 bits per heavy atom. The molecule has 0 saturated carbocycles. The topological polar surface area (TPSA) is 29.9 Å². The lowest BCUT2D eigenvalue weighted by Gasteiger charge is -2.10. The van der Waals surface area contributed by atoms with E-state index in [1.807, 2.05) is 6.07 Å². The molecule has 0 amide bonds. The van der Waals surface area contributed by atoms with Crippen molar-refractivity contribution in [3.05, 3.63) is 57.9 Å². The molecule has 0 radical (unpaired) electrons. The van der Waals surface area contributed by atoms with Crippen LogP contribution < -0.4 is 5.32 Å². The predicted molar refractivity (Wildman–Crippen MR) is 96.5 cm³/mol. The standard InChI is InChI=1S/C17H18IN3/c1-2-10-21-16-9-4-3-8-15(16)20-17(21)12-19-14-7-5-6-13(18)11-14/h3-9,11,19H,2,10,12H2,1H3. The van der Waals surface area contributed by atoms with Gasteiger partial charge in [-0.2, -0.15) is 0 Å². The number of fused-ring (bicyclic) bond motifs is 1. The monoisotopic (exact) mass is 391 g/mol. The highest BCUT2D eigenvalue weighted by Gasteiger charge is 2.09. The minimum absolute atomic E-state index is 0.745. The van der Waals surface area contributed by atoms with Crippen molar-refractivity contribution in [2.75, 3.05) is 5.32 Å². The Bertz CT molecular complexity index is 749. The van der Waals surface area contributed by atoms with Gasteiger partial charge >= 0.3 is 0 Å². The van der Waals surface area contributed by atoms with Gasteiger partial charge in [0.05, 0.1) is 17.6 Å². The molecule has 0 aliphatic rings. The summed E-state index contributed by atoms with van der Waals surface area (Å²) in [6, 6.07) is 16.7. The average Bonchev–Trinajstić information content (AvgIpc) is 2.84. The molecule has 0 spiro atoms. The van der Waals surface area contributed by atoms with Crippen LogP contribution in [0.25, 0.3) is 11.0 Å². The van der Waals surface area contributed by atoms with Crippen LogP contribution in [0.1, 0.15) is 19.2 Å². The molecule has 3 rings (SSSR count). The number of para-hydroxylation sites is 2. The van der Waals surface area contributed by atoms with Crippen molar-refractivity contribution in [1.82, 2.24) is 9.55 Å². The number of aromatic nitrogens is 2. The van der Waals surface area contributed by atoms with Crippen LogP contribution in [-0.4, -0.2) is 9.55 Å². The largest absolute Gasteiger partial charge is 0.378 e. The summed E-state index contributed by atoms with van der Waals surface area (Å²) in [7, 11) is 0. The molecule has 4 heteroatoms. The van der Waals surface area contributed by atoms with E-state index in [-0.39, 0.29) is 0 Å². The smallest absolute Gasteiger partial charge is 0.129 e. The summed E-state index contributed by atoms with van der Waals surface area (Å²) in [6.07, 6.45) is 1.11. The lowest BCUT2D eigenvalue weighted by molar-refractivity contribution is 0.661. The van der Waals surface area contributed by atoms with Gasteiger partial charge < -0.3 is 9.88 Å². The van der Waals surface area contributed by atoms with Crippen LogP contribution in [0.4, 0.5) is 5.69 Å². The molecule has 1 aromatic heterocycles. The van der Waals surface area contributed by atoms with Crippen LogP contribution in [0.3, 0.4) is 0 Å². The van der Waals surface area contributed by atoms with Crippen molar-refractivity contribution in [2.24, 2.45) is 0 Å². The summed E-state index contributed by atoms with van der Waals surface area (Å²) in [6.45, 7) is 3.95. The second-order valence-electron chi connectivity index (χ2n) is 5.03. The Kier molecular flexibility index (Phi) is 4.43. The molecule has 0 saturated heterocycles. The van der Waals surface area contributed by atoms with E-state index in [0.717, 1.165) is 36.5 Å². The molecule has 0 aliphatic carbocycles. The Hall–Kier alpha value is -1.56. The third-order valence-corrected chi connectivity index (χ3v) is 4.13. The van der Waals surface area contributed by atoms with Crippen molar-refractivity contribution < 1.29 is 0 Å². The Morgan fingerprint density at radius 1 is 1.14 bits per heavy atom. The molecule has 0 fully saturated rings. The molecule has 1 heterocycles. The van der Waals surface area contributed by atoms with Gasteiger partial charge in [0, 0.05) is 15.8 Å². The van der Waals surface area contributed by atoms with Gasteiger partial charge in [0.25, 0.3) is 0 Å². The number of nitrogens with one attached hydrogen (secondary N) is 1. The fourth-order valence-corrected chi connectivity index (χ4v) is 3.06. The summed E-state index contributed by atoms with van der Waals surface area (Å²) in [5.41, 5.74) is 3.43. The number of halogens is 1. The quantitative estimate of drug-likeness (QED) is 0.641. The van der Waals surface area contributed by atoms with Crippen LogP contribution in [-0.2, 0) is 13.1 Å². The van der Waals surface area contributed by atoms with Gasteiger partial charge in [-0.1, -0.05) is 25.1 Å². The van der Waals surface area contributed by atoms with Gasteiger partial charge in [-0.15, -0.1) is 0 Å². The first-order valence-corrected chi connectivity index (χ1v) is 8.29. The van der Waals surface area contributed by atoms with Gasteiger partial charge in [-0.25, -0.2) is 4.98 Å². The van der Waals surface area contributed by atoms with Crippen molar-refractivity contribution in [3.8, 4) is 0 Å². The molecule has 108 valence electrons. The Balaban J connectivity index is 1.87. The maximum atomic E-state index is 4.77. The molecule has 21 heavy (non-hydrogen) atoms. The van der Waals surface area contributed by atoms with Crippen LogP contribution in [0.5, 0.6) is 0 Å². The van der Waals surface area contributed by atoms with Crippen molar-refractivity contribution in [1.29, 1.82) is 0 Å². The lowest BCUT2D eigenvalue weighted by Crippen LogP contribution is -2.08. The second-order valence-corrected chi connectivity index (χ2v) is 6.28. The number of imidazole rings is 1. The summed E-state index contributed by atoms with van der Waals surface area (Å²) in [5.74, 6) is 1.09. The lowest BCUT2D eigenvalue weighted by atomic mass is 10.3. The number of nitrogens with zero attached hydrogens (tertiary/aromatic N) is 2. The molecular formula is C17H18IN3. The first-order chi connectivity index (χ1) is 10.3. The fourth-order valence-electron chi connectivity index (χ4n) is 2.51. The fraction of sp³-hybridized carbons (Fsp3) is 0.235. The normalized spacial score (nSPS) is 11.0. The van der Waals surface area contributed by atoms with E-state index >= 15 is 0 Å². The van der Waals surface area contributed by atoms with Crippen LogP contribution in [0.2, 0.25) is 0 Å². The van der Waals surface area contributed by atoms with Crippen LogP contribution in [0, 0.1) is 3.57 Å². The molecule has 3 aromatic rings. The van der Waals surface area contributed by atoms with E-state index in [1.54, 1.807) is 0 Å². The number of aryl methyl sites for hydroxylation is 1. The maximum Gasteiger partial charge on any atom is 0.129 e. The Labute approximate surface area is 138 Å². The minimum atomic E-state index is 0.745. The highest BCUT2D eigenvalue weighted by molar-refractivity contribution is 14.1. The van der Waals surface area contributed by atoms with E-state index < -0.39 is 0 Å². The number of hydrogen-bond donors (Lipinski definition) is 1. The third-order valence-electron chi connectivity index (χ3n) is 3.46. The van der Waals surface area contributed by atoms with E-state index in [9.17, 15) is 0 Å². The second kappa shape index (κ2) is 6.47. The SMILES string of the molecule is CCCn1c(CNc2cccc(I)c2)nc2ccccc21. The van der Waals surface area contributed by atoms with Crippen molar-refractivity contribution in [2.45, 2.75) is 26.4 Å². The zero-order chi connectivity index (χ0) is 14.7. The first-order valence-electron chi connectivity index (χ1n) is 7.21. The van der Waals surface area contributed by atoms with E-state index in [1.165, 1.54) is 9.09 Å². The van der Waals surface area contributed by atoms with Crippen molar-refractivity contribution >= 4 is 39.3 Å². The molecule has 0 unspecified atom stereocenters. The minimum Gasteiger partial charge on any atom is -0.378 e. The summed E-state index contributed by atoms with van der Waals surface area (Å²) in [5, 5.41) is 3.47. The molecule has 2 aromatic carbocycles. The van der Waals surface area contributed by atoms with Gasteiger partial charge in [0.1, 0.15) is 5.82 Å². The maximum absolute atomic E-state index is 4.77. The zero-order valence-corrected chi connectivity index (χ0v) is 14.2.